The van der Waals surface area contributed by atoms with Gasteiger partial charge in [-0.15, -0.1) is 0 Å². The molecule has 1 heterocycles. The van der Waals surface area contributed by atoms with Crippen LogP contribution in [0.4, 0.5) is 0 Å². The normalized spacial score (nSPS) is 10.2. The number of hydrogen-bond acceptors (Lipinski definition) is 2. The van der Waals surface area contributed by atoms with E-state index in [4.69, 9.17) is 10.8 Å². The second-order valence-electron chi connectivity index (χ2n) is 2.19. The third-order valence-corrected chi connectivity index (χ3v) is 1.41. The molecule has 0 spiro atoms. The number of aliphatic hydroxyl groups is 1. The van der Waals surface area contributed by atoms with Crippen molar-refractivity contribution in [1.29, 1.82) is 0 Å². The Bertz CT molecular complexity index is 195. The highest BCUT2D eigenvalue weighted by Crippen LogP contribution is 1.98. The summed E-state index contributed by atoms with van der Waals surface area (Å²) in [6, 6.07) is 1.95. The lowest BCUT2D eigenvalue weighted by molar-refractivity contribution is 0.276. The van der Waals surface area contributed by atoms with Crippen molar-refractivity contribution in [2.24, 2.45) is 5.73 Å². The zero-order valence-electron chi connectivity index (χ0n) is 5.83. The molecule has 0 saturated carbocycles. The molecule has 0 amide bonds. The Morgan fingerprint density at radius 3 is 2.90 bits per heavy atom. The van der Waals surface area contributed by atoms with Gasteiger partial charge in [0.05, 0.1) is 6.61 Å². The molecule has 1 aromatic rings. The minimum absolute atomic E-state index is 0.179. The monoisotopic (exact) mass is 140 g/mol. The number of rotatable bonds is 3. The van der Waals surface area contributed by atoms with E-state index in [0.29, 0.717) is 13.1 Å². The second-order valence-corrected chi connectivity index (χ2v) is 2.19. The van der Waals surface area contributed by atoms with Crippen LogP contribution in [-0.4, -0.2) is 16.3 Å². The molecule has 0 aliphatic heterocycles. The smallest absolute Gasteiger partial charge is 0.0610 e. The average molecular weight is 140 g/mol. The Labute approximate surface area is 60.1 Å². The first-order valence-electron chi connectivity index (χ1n) is 3.32. The highest BCUT2D eigenvalue weighted by molar-refractivity contribution is 5.09. The quantitative estimate of drug-likeness (QED) is 0.618. The summed E-state index contributed by atoms with van der Waals surface area (Å²) in [4.78, 5) is 0. The predicted octanol–water partition coefficient (Wildman–Crippen LogP) is -0.0609. The molecule has 0 unspecified atom stereocenters. The first-order chi connectivity index (χ1) is 4.86. The van der Waals surface area contributed by atoms with Gasteiger partial charge in [-0.25, -0.2) is 0 Å². The van der Waals surface area contributed by atoms with Gasteiger partial charge < -0.3 is 15.4 Å². The maximum absolute atomic E-state index is 8.55. The van der Waals surface area contributed by atoms with E-state index in [9.17, 15) is 0 Å². The zero-order valence-corrected chi connectivity index (χ0v) is 5.83. The second kappa shape index (κ2) is 3.39. The number of nitrogens with zero attached hydrogens (tertiary/aromatic N) is 1. The summed E-state index contributed by atoms with van der Waals surface area (Å²) >= 11 is 0. The molecule has 1 aromatic heterocycles. The molecule has 0 bridgehead atoms. The molecule has 1 rings (SSSR count). The van der Waals surface area contributed by atoms with Crippen LogP contribution in [0.5, 0.6) is 0 Å². The summed E-state index contributed by atoms with van der Waals surface area (Å²) in [7, 11) is 0. The van der Waals surface area contributed by atoms with Gasteiger partial charge >= 0.3 is 0 Å². The summed E-state index contributed by atoms with van der Waals surface area (Å²) < 4.78 is 1.92. The minimum Gasteiger partial charge on any atom is -0.395 e. The number of aromatic nitrogens is 1. The summed E-state index contributed by atoms with van der Waals surface area (Å²) in [5.74, 6) is 0. The zero-order chi connectivity index (χ0) is 7.40. The van der Waals surface area contributed by atoms with Crippen molar-refractivity contribution >= 4 is 0 Å². The average Bonchev–Trinajstić information content (AvgIpc) is 2.37. The van der Waals surface area contributed by atoms with E-state index in [-0.39, 0.29) is 6.61 Å². The largest absolute Gasteiger partial charge is 0.395 e. The molecule has 0 fully saturated rings. The maximum Gasteiger partial charge on any atom is 0.0610 e. The van der Waals surface area contributed by atoms with E-state index in [0.717, 1.165) is 5.56 Å². The topological polar surface area (TPSA) is 51.2 Å². The van der Waals surface area contributed by atoms with E-state index in [1.165, 1.54) is 0 Å². The van der Waals surface area contributed by atoms with Gasteiger partial charge in [0.25, 0.3) is 0 Å². The third kappa shape index (κ3) is 1.59. The molecule has 0 aliphatic carbocycles. The summed E-state index contributed by atoms with van der Waals surface area (Å²) in [5.41, 5.74) is 6.49. The molecular weight excluding hydrogens is 128 g/mol. The van der Waals surface area contributed by atoms with Crippen LogP contribution in [-0.2, 0) is 13.1 Å². The van der Waals surface area contributed by atoms with Gasteiger partial charge in [-0.2, -0.15) is 0 Å². The summed E-state index contributed by atoms with van der Waals surface area (Å²) in [6.07, 6.45) is 3.86. The van der Waals surface area contributed by atoms with Gasteiger partial charge in [0, 0.05) is 25.5 Å². The van der Waals surface area contributed by atoms with E-state index in [1.807, 2.05) is 23.0 Å². The van der Waals surface area contributed by atoms with E-state index >= 15 is 0 Å². The fourth-order valence-electron chi connectivity index (χ4n) is 0.866. The molecular formula is C7H12N2O. The van der Waals surface area contributed by atoms with Crippen LogP contribution >= 0.6 is 0 Å². The Kier molecular flexibility index (Phi) is 2.48. The van der Waals surface area contributed by atoms with Crippen LogP contribution in [0.1, 0.15) is 5.56 Å². The van der Waals surface area contributed by atoms with Gasteiger partial charge in [-0.1, -0.05) is 0 Å². The molecule has 0 radical (unpaired) electrons. The van der Waals surface area contributed by atoms with E-state index in [2.05, 4.69) is 0 Å². The number of aliphatic hydroxyl groups excluding tert-OH is 1. The van der Waals surface area contributed by atoms with Crippen LogP contribution in [0.2, 0.25) is 0 Å². The van der Waals surface area contributed by atoms with Crippen LogP contribution in [0.15, 0.2) is 18.5 Å². The van der Waals surface area contributed by atoms with Gasteiger partial charge in [0.15, 0.2) is 0 Å². The maximum atomic E-state index is 8.55. The van der Waals surface area contributed by atoms with Crippen molar-refractivity contribution < 1.29 is 5.11 Å². The Balaban J connectivity index is 2.59. The van der Waals surface area contributed by atoms with Gasteiger partial charge in [-0.05, 0) is 11.6 Å². The van der Waals surface area contributed by atoms with Crippen molar-refractivity contribution in [2.75, 3.05) is 6.61 Å². The van der Waals surface area contributed by atoms with E-state index < -0.39 is 0 Å². The summed E-state index contributed by atoms with van der Waals surface area (Å²) in [5, 5.41) is 8.55. The Hall–Kier alpha value is -0.800. The van der Waals surface area contributed by atoms with E-state index in [1.54, 1.807) is 0 Å². The number of hydrogen-bond donors (Lipinski definition) is 2. The molecule has 56 valence electrons. The van der Waals surface area contributed by atoms with Crippen LogP contribution in [0.3, 0.4) is 0 Å². The SMILES string of the molecule is NCc1ccn(CCO)c1. The number of nitrogens with two attached hydrogens (primary N) is 1. The van der Waals surface area contributed by atoms with Crippen LogP contribution in [0.25, 0.3) is 0 Å². The minimum atomic E-state index is 0.179. The molecule has 3 heteroatoms. The molecule has 0 aliphatic rings. The van der Waals surface area contributed by atoms with Crippen molar-refractivity contribution in [3.05, 3.63) is 24.0 Å². The Morgan fingerprint density at radius 2 is 2.40 bits per heavy atom. The van der Waals surface area contributed by atoms with Gasteiger partial charge in [0.1, 0.15) is 0 Å². The molecule has 10 heavy (non-hydrogen) atoms. The molecule has 3 N–H and O–H groups in total. The summed E-state index contributed by atoms with van der Waals surface area (Å²) in [6.45, 7) is 1.40. The van der Waals surface area contributed by atoms with Crippen LogP contribution < -0.4 is 5.73 Å². The lowest BCUT2D eigenvalue weighted by Crippen LogP contribution is -1.99. The highest BCUT2D eigenvalue weighted by Gasteiger charge is 1.91. The molecule has 0 aromatic carbocycles. The van der Waals surface area contributed by atoms with Crippen molar-refractivity contribution in [3.8, 4) is 0 Å². The highest BCUT2D eigenvalue weighted by atomic mass is 16.3. The van der Waals surface area contributed by atoms with Gasteiger partial charge in [0.2, 0.25) is 0 Å². The fourth-order valence-corrected chi connectivity index (χ4v) is 0.866. The lowest BCUT2D eigenvalue weighted by Gasteiger charge is -1.95. The van der Waals surface area contributed by atoms with Gasteiger partial charge in [-0.3, -0.25) is 0 Å². The first kappa shape index (κ1) is 7.31. The molecule has 0 atom stereocenters. The fraction of sp³-hybridized carbons (Fsp3) is 0.429. The standard InChI is InChI=1S/C7H12N2O/c8-5-7-1-2-9(6-7)3-4-10/h1-2,6,10H,3-5,8H2. The molecule has 3 nitrogen and oxygen atoms in total. The van der Waals surface area contributed by atoms with Crippen molar-refractivity contribution in [2.45, 2.75) is 13.1 Å². The van der Waals surface area contributed by atoms with Crippen LogP contribution in [0, 0.1) is 0 Å². The first-order valence-corrected chi connectivity index (χ1v) is 3.32. The van der Waals surface area contributed by atoms with Crippen molar-refractivity contribution in [3.63, 3.8) is 0 Å². The third-order valence-electron chi connectivity index (χ3n) is 1.41. The predicted molar refractivity (Wildman–Crippen MR) is 39.4 cm³/mol. The van der Waals surface area contributed by atoms with Crippen molar-refractivity contribution in [1.82, 2.24) is 4.57 Å². The lowest BCUT2D eigenvalue weighted by atomic mass is 10.4. The Morgan fingerprint density at radius 1 is 1.60 bits per heavy atom. The molecule has 0 saturated heterocycles.